The second-order valence-electron chi connectivity index (χ2n) is 3.62. The van der Waals surface area contributed by atoms with Gasteiger partial charge in [-0.3, -0.25) is 4.79 Å². The summed E-state index contributed by atoms with van der Waals surface area (Å²) in [6.07, 6.45) is 2.88. The van der Waals surface area contributed by atoms with E-state index in [1.807, 2.05) is 0 Å². The minimum atomic E-state index is 0.0110. The van der Waals surface area contributed by atoms with E-state index in [-0.39, 0.29) is 16.7 Å². The Balaban J connectivity index is 2.29. The third-order valence-corrected chi connectivity index (χ3v) is 3.39. The van der Waals surface area contributed by atoms with Crippen LogP contribution in [-0.4, -0.2) is 23.2 Å². The molecule has 1 amide bonds. The standard InChI is InChI=1S/C9H15Cl2NO/c1-6(13)12-5-7-2-3-8(10)4-9(7)11/h7-9H,2-5H2,1H3,(H,12,13). The molecule has 1 fully saturated rings. The van der Waals surface area contributed by atoms with Gasteiger partial charge in [-0.2, -0.15) is 0 Å². The Hall–Kier alpha value is 0.0500. The van der Waals surface area contributed by atoms with Gasteiger partial charge in [0.2, 0.25) is 5.91 Å². The molecule has 1 aliphatic carbocycles. The van der Waals surface area contributed by atoms with Gasteiger partial charge in [-0.15, -0.1) is 23.2 Å². The van der Waals surface area contributed by atoms with Crippen LogP contribution in [0.1, 0.15) is 26.2 Å². The average molecular weight is 224 g/mol. The van der Waals surface area contributed by atoms with Gasteiger partial charge < -0.3 is 5.32 Å². The summed E-state index contributed by atoms with van der Waals surface area (Å²) in [5.41, 5.74) is 0. The number of nitrogens with one attached hydrogen (secondary N) is 1. The Morgan fingerprint density at radius 2 is 2.15 bits per heavy atom. The molecule has 0 bridgehead atoms. The van der Waals surface area contributed by atoms with Crippen molar-refractivity contribution in [3.05, 3.63) is 0 Å². The monoisotopic (exact) mass is 223 g/mol. The lowest BCUT2D eigenvalue weighted by atomic mass is 9.88. The number of amides is 1. The molecule has 3 atom stereocenters. The van der Waals surface area contributed by atoms with Gasteiger partial charge in [-0.1, -0.05) is 0 Å². The highest BCUT2D eigenvalue weighted by molar-refractivity contribution is 6.23. The van der Waals surface area contributed by atoms with Crippen LogP contribution in [0.15, 0.2) is 0 Å². The molecule has 1 aliphatic rings. The zero-order valence-electron chi connectivity index (χ0n) is 7.72. The third-order valence-electron chi connectivity index (χ3n) is 2.46. The van der Waals surface area contributed by atoms with E-state index in [0.717, 1.165) is 19.3 Å². The number of hydrogen-bond acceptors (Lipinski definition) is 1. The van der Waals surface area contributed by atoms with E-state index in [0.29, 0.717) is 12.5 Å². The van der Waals surface area contributed by atoms with Crippen molar-refractivity contribution in [3.8, 4) is 0 Å². The maximum atomic E-state index is 10.7. The van der Waals surface area contributed by atoms with E-state index >= 15 is 0 Å². The molecule has 1 N–H and O–H groups in total. The zero-order valence-corrected chi connectivity index (χ0v) is 9.24. The van der Waals surface area contributed by atoms with Gasteiger partial charge in [0.05, 0.1) is 0 Å². The predicted molar refractivity (Wildman–Crippen MR) is 55.3 cm³/mol. The summed E-state index contributed by atoms with van der Waals surface area (Å²) in [6, 6.07) is 0. The number of carbonyl (C=O) groups excluding carboxylic acids is 1. The number of rotatable bonds is 2. The third kappa shape index (κ3) is 3.74. The maximum absolute atomic E-state index is 10.7. The number of carbonyl (C=O) groups is 1. The van der Waals surface area contributed by atoms with Crippen molar-refractivity contribution in [3.63, 3.8) is 0 Å². The van der Waals surface area contributed by atoms with Gasteiger partial charge >= 0.3 is 0 Å². The molecule has 1 rings (SSSR count). The van der Waals surface area contributed by atoms with Crippen LogP contribution in [0.5, 0.6) is 0 Å². The Morgan fingerprint density at radius 1 is 1.46 bits per heavy atom. The lowest BCUT2D eigenvalue weighted by molar-refractivity contribution is -0.119. The van der Waals surface area contributed by atoms with E-state index in [1.54, 1.807) is 0 Å². The number of hydrogen-bond donors (Lipinski definition) is 1. The fraction of sp³-hybridized carbons (Fsp3) is 0.889. The fourth-order valence-corrected chi connectivity index (χ4v) is 2.47. The van der Waals surface area contributed by atoms with Crippen molar-refractivity contribution in [1.29, 1.82) is 0 Å². The van der Waals surface area contributed by atoms with Crippen LogP contribution in [0.4, 0.5) is 0 Å². The molecule has 76 valence electrons. The van der Waals surface area contributed by atoms with Crippen molar-refractivity contribution in [2.45, 2.75) is 36.9 Å². The molecule has 0 aromatic rings. The van der Waals surface area contributed by atoms with Crippen molar-refractivity contribution in [1.82, 2.24) is 5.32 Å². The Morgan fingerprint density at radius 3 is 2.69 bits per heavy atom. The summed E-state index contributed by atoms with van der Waals surface area (Å²) < 4.78 is 0. The minimum absolute atomic E-state index is 0.0110. The molecular formula is C9H15Cl2NO. The van der Waals surface area contributed by atoms with Gasteiger partial charge in [0.15, 0.2) is 0 Å². The van der Waals surface area contributed by atoms with E-state index in [1.165, 1.54) is 6.92 Å². The van der Waals surface area contributed by atoms with Crippen LogP contribution < -0.4 is 5.32 Å². The van der Waals surface area contributed by atoms with Gasteiger partial charge in [-0.25, -0.2) is 0 Å². The van der Waals surface area contributed by atoms with Crippen LogP contribution in [0.25, 0.3) is 0 Å². The van der Waals surface area contributed by atoms with Crippen LogP contribution in [0.2, 0.25) is 0 Å². The molecule has 3 unspecified atom stereocenters. The highest BCUT2D eigenvalue weighted by atomic mass is 35.5. The van der Waals surface area contributed by atoms with E-state index in [4.69, 9.17) is 23.2 Å². The Bertz CT molecular complexity index is 186. The molecule has 0 radical (unpaired) electrons. The summed E-state index contributed by atoms with van der Waals surface area (Å²) in [5.74, 6) is 0.400. The van der Waals surface area contributed by atoms with Crippen molar-refractivity contribution in [2.24, 2.45) is 5.92 Å². The molecule has 4 heteroatoms. The van der Waals surface area contributed by atoms with Crippen LogP contribution in [0.3, 0.4) is 0 Å². The second kappa shape index (κ2) is 5.06. The Kier molecular flexibility index (Phi) is 4.33. The maximum Gasteiger partial charge on any atom is 0.216 e. The molecule has 0 spiro atoms. The van der Waals surface area contributed by atoms with Gasteiger partial charge in [0.25, 0.3) is 0 Å². The van der Waals surface area contributed by atoms with Gasteiger partial charge in [-0.05, 0) is 25.2 Å². The van der Waals surface area contributed by atoms with Crippen LogP contribution in [-0.2, 0) is 4.79 Å². The second-order valence-corrected chi connectivity index (χ2v) is 4.80. The molecule has 0 saturated heterocycles. The van der Waals surface area contributed by atoms with Gasteiger partial charge in [0, 0.05) is 24.2 Å². The highest BCUT2D eigenvalue weighted by Crippen LogP contribution is 2.31. The number of alkyl halides is 2. The molecule has 0 aliphatic heterocycles. The first-order chi connectivity index (χ1) is 6.09. The van der Waals surface area contributed by atoms with Crippen molar-refractivity contribution >= 4 is 29.1 Å². The van der Waals surface area contributed by atoms with E-state index in [2.05, 4.69) is 5.32 Å². The first-order valence-corrected chi connectivity index (χ1v) is 5.49. The largest absolute Gasteiger partial charge is 0.356 e. The summed E-state index contributed by atoms with van der Waals surface area (Å²) in [7, 11) is 0. The average Bonchev–Trinajstić information content (AvgIpc) is 2.02. The van der Waals surface area contributed by atoms with Crippen molar-refractivity contribution in [2.75, 3.05) is 6.54 Å². The summed E-state index contributed by atoms with van der Waals surface area (Å²) in [6.45, 7) is 2.21. The smallest absolute Gasteiger partial charge is 0.216 e. The zero-order chi connectivity index (χ0) is 9.84. The molecule has 13 heavy (non-hydrogen) atoms. The van der Waals surface area contributed by atoms with Crippen molar-refractivity contribution < 1.29 is 4.79 Å². The fourth-order valence-electron chi connectivity index (χ4n) is 1.64. The molecule has 0 aromatic heterocycles. The summed E-state index contributed by atoms with van der Waals surface area (Å²) >= 11 is 12.1. The van der Waals surface area contributed by atoms with E-state index < -0.39 is 0 Å². The lowest BCUT2D eigenvalue weighted by Gasteiger charge is -2.29. The molecule has 0 heterocycles. The quantitative estimate of drug-likeness (QED) is 0.715. The normalized spacial score (nSPS) is 34.2. The summed E-state index contributed by atoms with van der Waals surface area (Å²) in [4.78, 5) is 10.7. The lowest BCUT2D eigenvalue weighted by Crippen LogP contribution is -2.35. The van der Waals surface area contributed by atoms with Crippen LogP contribution in [0, 0.1) is 5.92 Å². The summed E-state index contributed by atoms with van der Waals surface area (Å²) in [5, 5.41) is 3.13. The Labute approximate surface area is 89.0 Å². The van der Waals surface area contributed by atoms with Gasteiger partial charge in [0.1, 0.15) is 0 Å². The first-order valence-electron chi connectivity index (χ1n) is 4.62. The molecule has 2 nitrogen and oxygen atoms in total. The molecular weight excluding hydrogens is 209 g/mol. The minimum Gasteiger partial charge on any atom is -0.356 e. The number of halogens is 2. The topological polar surface area (TPSA) is 29.1 Å². The van der Waals surface area contributed by atoms with E-state index in [9.17, 15) is 4.79 Å². The highest BCUT2D eigenvalue weighted by Gasteiger charge is 2.27. The first kappa shape index (κ1) is 11.1. The molecule has 0 aromatic carbocycles. The van der Waals surface area contributed by atoms with Crippen LogP contribution >= 0.6 is 23.2 Å². The SMILES string of the molecule is CC(=O)NCC1CCC(Cl)CC1Cl. The predicted octanol–water partition coefficient (Wildman–Crippen LogP) is 2.14. The molecule has 1 saturated carbocycles.